The van der Waals surface area contributed by atoms with E-state index in [1.165, 1.54) is 6.26 Å². The van der Waals surface area contributed by atoms with Crippen LogP contribution in [0.4, 0.5) is 5.69 Å². The van der Waals surface area contributed by atoms with Gasteiger partial charge in [0.15, 0.2) is 5.75 Å². The monoisotopic (exact) mass is 399 g/mol. The third kappa shape index (κ3) is 3.52. The maximum absolute atomic E-state index is 12.0. The van der Waals surface area contributed by atoms with E-state index in [1.54, 1.807) is 4.31 Å². The number of amidine groups is 1. The van der Waals surface area contributed by atoms with Crippen LogP contribution in [0.2, 0.25) is 0 Å². The standard InChI is InChI=1S/C21H25N3O3S/c1-14-6-8-19-17(11-14)21(22-18-7-5-15(2)12-20(18)27-19)23-9-10-24(16(3)13-23)28(4,25)26/h5-8,11-12,16H,9-10,13H2,1-4H3. The van der Waals surface area contributed by atoms with Crippen LogP contribution < -0.4 is 4.74 Å². The van der Waals surface area contributed by atoms with Crippen LogP contribution in [0.5, 0.6) is 11.5 Å². The van der Waals surface area contributed by atoms with Crippen molar-refractivity contribution < 1.29 is 13.2 Å². The summed E-state index contributed by atoms with van der Waals surface area (Å²) in [4.78, 5) is 7.13. The molecule has 1 saturated heterocycles. The summed E-state index contributed by atoms with van der Waals surface area (Å²) in [5.41, 5.74) is 3.96. The zero-order valence-electron chi connectivity index (χ0n) is 16.6. The Morgan fingerprint density at radius 3 is 2.46 bits per heavy atom. The van der Waals surface area contributed by atoms with Gasteiger partial charge in [-0.3, -0.25) is 0 Å². The summed E-state index contributed by atoms with van der Waals surface area (Å²) in [5, 5.41) is 0. The number of hydrogen-bond acceptors (Lipinski definition) is 5. The molecule has 1 unspecified atom stereocenters. The fourth-order valence-electron chi connectivity index (χ4n) is 3.86. The summed E-state index contributed by atoms with van der Waals surface area (Å²) in [6.45, 7) is 7.63. The molecule has 0 spiro atoms. The predicted molar refractivity (Wildman–Crippen MR) is 111 cm³/mol. The fraction of sp³-hybridized carbons (Fsp3) is 0.381. The van der Waals surface area contributed by atoms with Crippen LogP contribution in [-0.4, -0.2) is 55.4 Å². The van der Waals surface area contributed by atoms with Crippen LogP contribution in [0.25, 0.3) is 0 Å². The molecule has 1 atom stereocenters. The minimum atomic E-state index is -3.21. The van der Waals surface area contributed by atoms with Gasteiger partial charge in [-0.25, -0.2) is 13.4 Å². The van der Waals surface area contributed by atoms with Crippen LogP contribution in [0.15, 0.2) is 41.4 Å². The molecule has 0 N–H and O–H groups in total. The average molecular weight is 400 g/mol. The van der Waals surface area contributed by atoms with Gasteiger partial charge in [-0.05, 0) is 50.6 Å². The molecule has 2 aliphatic rings. The summed E-state index contributed by atoms with van der Waals surface area (Å²) < 4.78 is 31.8. The smallest absolute Gasteiger partial charge is 0.211 e. The first-order valence-corrected chi connectivity index (χ1v) is 11.3. The van der Waals surface area contributed by atoms with E-state index < -0.39 is 10.0 Å². The lowest BCUT2D eigenvalue weighted by molar-refractivity contribution is 0.207. The van der Waals surface area contributed by atoms with Gasteiger partial charge in [-0.1, -0.05) is 17.7 Å². The van der Waals surface area contributed by atoms with E-state index in [0.717, 1.165) is 39.7 Å². The number of aryl methyl sites for hydroxylation is 2. The molecule has 0 amide bonds. The first-order chi connectivity index (χ1) is 13.2. The van der Waals surface area contributed by atoms with Crippen molar-refractivity contribution in [2.45, 2.75) is 26.8 Å². The topological polar surface area (TPSA) is 62.2 Å². The lowest BCUT2D eigenvalue weighted by Gasteiger charge is -2.39. The molecule has 7 heteroatoms. The minimum absolute atomic E-state index is 0.124. The summed E-state index contributed by atoms with van der Waals surface area (Å²) in [7, 11) is -3.21. The molecule has 0 saturated carbocycles. The Hall–Kier alpha value is -2.38. The second-order valence-corrected chi connectivity index (χ2v) is 9.61. The minimum Gasteiger partial charge on any atom is -0.454 e. The lowest BCUT2D eigenvalue weighted by Crippen LogP contribution is -2.55. The summed E-state index contributed by atoms with van der Waals surface area (Å²) in [5.74, 6) is 2.34. The first-order valence-electron chi connectivity index (χ1n) is 9.42. The molecular weight excluding hydrogens is 374 g/mol. The zero-order valence-corrected chi connectivity index (χ0v) is 17.5. The molecule has 0 radical (unpaired) electrons. The molecule has 2 aromatic rings. The molecule has 0 bridgehead atoms. The number of piperazine rings is 1. The Bertz CT molecular complexity index is 1060. The van der Waals surface area contributed by atoms with Gasteiger partial charge >= 0.3 is 0 Å². The van der Waals surface area contributed by atoms with E-state index in [4.69, 9.17) is 9.73 Å². The lowest BCUT2D eigenvalue weighted by atomic mass is 10.1. The summed E-state index contributed by atoms with van der Waals surface area (Å²) in [6.07, 6.45) is 1.27. The number of rotatable bonds is 1. The number of sulfonamides is 1. The Morgan fingerprint density at radius 1 is 1.04 bits per heavy atom. The number of aliphatic imine (C=N–C) groups is 1. The molecule has 28 heavy (non-hydrogen) atoms. The number of fused-ring (bicyclic) bond motifs is 2. The van der Waals surface area contributed by atoms with Crippen LogP contribution in [0, 0.1) is 13.8 Å². The third-order valence-corrected chi connectivity index (χ3v) is 6.62. The highest BCUT2D eigenvalue weighted by Crippen LogP contribution is 2.39. The van der Waals surface area contributed by atoms with E-state index in [1.807, 2.05) is 51.1 Å². The number of benzene rings is 2. The van der Waals surface area contributed by atoms with Gasteiger partial charge in [0.1, 0.15) is 17.3 Å². The largest absolute Gasteiger partial charge is 0.454 e. The molecule has 6 nitrogen and oxygen atoms in total. The number of ether oxygens (including phenoxy) is 1. The van der Waals surface area contributed by atoms with Crippen molar-refractivity contribution in [3.8, 4) is 11.5 Å². The second-order valence-electron chi connectivity index (χ2n) is 7.68. The van der Waals surface area contributed by atoms with Gasteiger partial charge in [-0.2, -0.15) is 4.31 Å². The molecule has 0 aliphatic carbocycles. The molecule has 1 fully saturated rings. The summed E-state index contributed by atoms with van der Waals surface area (Å²) >= 11 is 0. The van der Waals surface area contributed by atoms with Gasteiger partial charge in [0, 0.05) is 25.7 Å². The third-order valence-electron chi connectivity index (χ3n) is 5.23. The van der Waals surface area contributed by atoms with Crippen molar-refractivity contribution in [2.24, 2.45) is 4.99 Å². The Kier molecular flexibility index (Phi) is 4.67. The van der Waals surface area contributed by atoms with Crippen LogP contribution in [0.3, 0.4) is 0 Å². The Labute approximate surface area is 166 Å². The van der Waals surface area contributed by atoms with Crippen LogP contribution in [0.1, 0.15) is 23.6 Å². The van der Waals surface area contributed by atoms with Crippen molar-refractivity contribution in [3.05, 3.63) is 53.1 Å². The van der Waals surface area contributed by atoms with Crippen molar-refractivity contribution in [3.63, 3.8) is 0 Å². The maximum Gasteiger partial charge on any atom is 0.211 e. The van der Waals surface area contributed by atoms with Crippen molar-refractivity contribution in [2.75, 3.05) is 25.9 Å². The molecule has 2 aliphatic heterocycles. The highest BCUT2D eigenvalue weighted by Gasteiger charge is 2.33. The van der Waals surface area contributed by atoms with Gasteiger partial charge in [0.05, 0.1) is 11.8 Å². The van der Waals surface area contributed by atoms with Crippen molar-refractivity contribution in [1.29, 1.82) is 0 Å². The van der Waals surface area contributed by atoms with E-state index >= 15 is 0 Å². The Balaban J connectivity index is 1.78. The predicted octanol–water partition coefficient (Wildman–Crippen LogP) is 3.45. The van der Waals surface area contributed by atoms with Gasteiger partial charge in [0.2, 0.25) is 10.0 Å². The SMILES string of the molecule is Cc1ccc2c(c1)Oc1ccc(C)cc1C(N1CCN(S(C)(=O)=O)C(C)C1)=N2. The molecule has 0 aromatic heterocycles. The molecular formula is C21H25N3O3S. The van der Waals surface area contributed by atoms with E-state index in [0.29, 0.717) is 19.6 Å². The molecule has 4 rings (SSSR count). The van der Waals surface area contributed by atoms with Crippen LogP contribution >= 0.6 is 0 Å². The van der Waals surface area contributed by atoms with Crippen molar-refractivity contribution in [1.82, 2.24) is 9.21 Å². The molecule has 2 aromatic carbocycles. The van der Waals surface area contributed by atoms with Gasteiger partial charge in [-0.15, -0.1) is 0 Å². The highest BCUT2D eigenvalue weighted by atomic mass is 32.2. The zero-order chi connectivity index (χ0) is 20.1. The van der Waals surface area contributed by atoms with Crippen LogP contribution in [-0.2, 0) is 10.0 Å². The fourth-order valence-corrected chi connectivity index (χ4v) is 5.00. The Morgan fingerprint density at radius 2 is 1.75 bits per heavy atom. The quantitative estimate of drug-likeness (QED) is 0.737. The van der Waals surface area contributed by atoms with E-state index in [2.05, 4.69) is 11.0 Å². The van der Waals surface area contributed by atoms with Gasteiger partial charge in [0.25, 0.3) is 0 Å². The maximum atomic E-state index is 12.0. The van der Waals surface area contributed by atoms with Gasteiger partial charge < -0.3 is 9.64 Å². The highest BCUT2D eigenvalue weighted by molar-refractivity contribution is 7.88. The number of hydrogen-bond donors (Lipinski definition) is 0. The van der Waals surface area contributed by atoms with Crippen molar-refractivity contribution >= 4 is 21.5 Å². The normalized spacial score (nSPS) is 19.9. The molecule has 2 heterocycles. The average Bonchev–Trinajstić information content (AvgIpc) is 2.76. The summed E-state index contributed by atoms with van der Waals surface area (Å²) in [6, 6.07) is 12.0. The number of nitrogens with zero attached hydrogens (tertiary/aromatic N) is 3. The molecule has 148 valence electrons. The van der Waals surface area contributed by atoms with E-state index in [-0.39, 0.29) is 6.04 Å². The first kappa shape index (κ1) is 19.0. The van der Waals surface area contributed by atoms with E-state index in [9.17, 15) is 8.42 Å². The second kappa shape index (κ2) is 6.90.